The van der Waals surface area contributed by atoms with Gasteiger partial charge < -0.3 is 4.74 Å². The maximum Gasteiger partial charge on any atom is 0.233 e. The molecule has 2 rings (SSSR count). The number of aryl methyl sites for hydroxylation is 1. The van der Waals surface area contributed by atoms with Crippen molar-refractivity contribution in [2.75, 3.05) is 0 Å². The molecule has 0 spiro atoms. The van der Waals surface area contributed by atoms with E-state index in [-0.39, 0.29) is 0 Å². The number of pyridine rings is 1. The van der Waals surface area contributed by atoms with Crippen molar-refractivity contribution in [1.29, 1.82) is 0 Å². The van der Waals surface area contributed by atoms with E-state index < -0.39 is 0 Å². The Morgan fingerprint density at radius 2 is 2.00 bits per heavy atom. The molecule has 0 N–H and O–H groups in total. The highest BCUT2D eigenvalue weighted by Crippen LogP contribution is 2.33. The van der Waals surface area contributed by atoms with Gasteiger partial charge in [-0.1, -0.05) is 17.7 Å². The molecule has 0 aliphatic rings. The lowest BCUT2D eigenvalue weighted by Crippen LogP contribution is -1.90. The van der Waals surface area contributed by atoms with Crippen molar-refractivity contribution in [3.8, 4) is 11.6 Å². The predicted molar refractivity (Wildman–Crippen MR) is 75.9 cm³/mol. The number of hydrogen-bond donors (Lipinski definition) is 0. The molecule has 0 saturated carbocycles. The van der Waals surface area contributed by atoms with E-state index in [1.54, 1.807) is 12.3 Å². The van der Waals surface area contributed by atoms with Gasteiger partial charge in [-0.25, -0.2) is 4.98 Å². The van der Waals surface area contributed by atoms with Crippen molar-refractivity contribution in [1.82, 2.24) is 4.98 Å². The van der Waals surface area contributed by atoms with Gasteiger partial charge in [0.25, 0.3) is 0 Å². The Bertz CT molecular complexity index is 560. The fraction of sp³-hybridized carbons (Fsp3) is 0.0833. The fourth-order valence-electron chi connectivity index (χ4n) is 1.27. The summed E-state index contributed by atoms with van der Waals surface area (Å²) in [5.74, 6) is 1.09. The van der Waals surface area contributed by atoms with Crippen LogP contribution in [0.25, 0.3) is 0 Å². The molecule has 0 fully saturated rings. The number of rotatable bonds is 2. The molecular formula is C12H8Br2ClNO. The third kappa shape index (κ3) is 3.21. The molecule has 1 heterocycles. The Hall–Kier alpha value is -0.580. The standard InChI is InChI=1S/C12H8Br2ClNO/c1-7-2-3-10(15)11(4-7)17-12-9(14)5-8(13)6-16-12/h2-6H,1H3. The SMILES string of the molecule is Cc1ccc(Cl)c(Oc2ncc(Br)cc2Br)c1. The monoisotopic (exact) mass is 375 g/mol. The first-order valence-corrected chi connectivity index (χ1v) is 6.78. The summed E-state index contributed by atoms with van der Waals surface area (Å²) in [4.78, 5) is 4.17. The minimum atomic E-state index is 0.487. The molecule has 0 saturated heterocycles. The number of halogens is 3. The highest BCUT2D eigenvalue weighted by molar-refractivity contribution is 9.11. The van der Waals surface area contributed by atoms with Crippen LogP contribution < -0.4 is 4.74 Å². The first kappa shape index (κ1) is 12.9. The molecule has 0 bridgehead atoms. The molecule has 0 atom stereocenters. The third-order valence-corrected chi connectivity index (χ3v) is 3.38. The summed E-state index contributed by atoms with van der Waals surface area (Å²) in [6.07, 6.45) is 1.67. The minimum absolute atomic E-state index is 0.487. The smallest absolute Gasteiger partial charge is 0.233 e. The molecule has 0 unspecified atom stereocenters. The van der Waals surface area contributed by atoms with Crippen LogP contribution in [0.5, 0.6) is 11.6 Å². The van der Waals surface area contributed by atoms with Crippen LogP contribution in [0.3, 0.4) is 0 Å². The largest absolute Gasteiger partial charge is 0.436 e. The Morgan fingerprint density at radius 1 is 1.24 bits per heavy atom. The first-order valence-electron chi connectivity index (χ1n) is 4.81. The predicted octanol–water partition coefficient (Wildman–Crippen LogP) is 5.36. The van der Waals surface area contributed by atoms with E-state index in [2.05, 4.69) is 36.8 Å². The van der Waals surface area contributed by atoms with Crippen LogP contribution in [0.4, 0.5) is 0 Å². The summed E-state index contributed by atoms with van der Waals surface area (Å²) in [5.41, 5.74) is 1.08. The van der Waals surface area contributed by atoms with E-state index >= 15 is 0 Å². The molecule has 1 aromatic heterocycles. The maximum absolute atomic E-state index is 6.05. The number of hydrogen-bond acceptors (Lipinski definition) is 2. The summed E-state index contributed by atoms with van der Waals surface area (Å²) in [6, 6.07) is 7.47. The van der Waals surface area contributed by atoms with Gasteiger partial charge in [-0.05, 0) is 62.5 Å². The van der Waals surface area contributed by atoms with Crippen molar-refractivity contribution >= 4 is 43.5 Å². The normalized spacial score (nSPS) is 10.4. The highest BCUT2D eigenvalue weighted by atomic mass is 79.9. The second-order valence-corrected chi connectivity index (χ2v) is 5.65. The minimum Gasteiger partial charge on any atom is -0.436 e. The summed E-state index contributed by atoms with van der Waals surface area (Å²) in [5, 5.41) is 0.562. The summed E-state index contributed by atoms with van der Waals surface area (Å²) >= 11 is 12.8. The average molecular weight is 377 g/mol. The number of benzene rings is 1. The molecule has 17 heavy (non-hydrogen) atoms. The van der Waals surface area contributed by atoms with E-state index in [1.807, 2.05) is 25.1 Å². The molecule has 0 amide bonds. The lowest BCUT2D eigenvalue weighted by atomic mass is 10.2. The Kier molecular flexibility index (Phi) is 4.07. The van der Waals surface area contributed by atoms with Gasteiger partial charge in [-0.3, -0.25) is 0 Å². The topological polar surface area (TPSA) is 22.1 Å². The number of aromatic nitrogens is 1. The van der Waals surface area contributed by atoms with Crippen LogP contribution >= 0.6 is 43.5 Å². The van der Waals surface area contributed by atoms with Crippen molar-refractivity contribution in [3.05, 3.63) is 50.0 Å². The zero-order valence-electron chi connectivity index (χ0n) is 8.88. The Labute approximate surface area is 121 Å². The van der Waals surface area contributed by atoms with E-state index in [1.165, 1.54) is 0 Å². The molecule has 0 aliphatic heterocycles. The maximum atomic E-state index is 6.05. The lowest BCUT2D eigenvalue weighted by Gasteiger charge is -2.09. The highest BCUT2D eigenvalue weighted by Gasteiger charge is 2.08. The van der Waals surface area contributed by atoms with Crippen LogP contribution in [0.1, 0.15) is 5.56 Å². The first-order chi connectivity index (χ1) is 8.06. The van der Waals surface area contributed by atoms with Crippen LogP contribution in [0.15, 0.2) is 39.4 Å². The molecule has 2 aromatic rings. The van der Waals surface area contributed by atoms with Gasteiger partial charge in [-0.15, -0.1) is 0 Å². The molecule has 5 heteroatoms. The van der Waals surface area contributed by atoms with E-state index in [4.69, 9.17) is 16.3 Å². The second kappa shape index (κ2) is 5.38. The van der Waals surface area contributed by atoms with Gasteiger partial charge in [0.2, 0.25) is 5.88 Å². The zero-order valence-corrected chi connectivity index (χ0v) is 12.8. The van der Waals surface area contributed by atoms with Crippen LogP contribution in [-0.2, 0) is 0 Å². The lowest BCUT2D eigenvalue weighted by molar-refractivity contribution is 0.459. The molecule has 0 radical (unpaired) electrons. The summed E-state index contributed by atoms with van der Waals surface area (Å²) < 4.78 is 7.31. The number of nitrogens with zero attached hydrogens (tertiary/aromatic N) is 1. The Morgan fingerprint density at radius 3 is 2.71 bits per heavy atom. The molecule has 88 valence electrons. The van der Waals surface area contributed by atoms with E-state index in [0.717, 1.165) is 14.5 Å². The van der Waals surface area contributed by atoms with Crippen molar-refractivity contribution in [2.45, 2.75) is 6.92 Å². The molecular weight excluding hydrogens is 369 g/mol. The van der Waals surface area contributed by atoms with Crippen molar-refractivity contribution in [3.63, 3.8) is 0 Å². The van der Waals surface area contributed by atoms with Gasteiger partial charge in [0, 0.05) is 10.7 Å². The number of ether oxygens (including phenoxy) is 1. The van der Waals surface area contributed by atoms with Crippen molar-refractivity contribution < 1.29 is 4.74 Å². The fourth-order valence-corrected chi connectivity index (χ4v) is 2.49. The van der Waals surface area contributed by atoms with E-state index in [9.17, 15) is 0 Å². The van der Waals surface area contributed by atoms with Crippen LogP contribution in [0, 0.1) is 6.92 Å². The van der Waals surface area contributed by atoms with E-state index in [0.29, 0.717) is 16.7 Å². The Balaban J connectivity index is 2.34. The van der Waals surface area contributed by atoms with Gasteiger partial charge in [-0.2, -0.15) is 0 Å². The van der Waals surface area contributed by atoms with Gasteiger partial charge in [0.1, 0.15) is 5.75 Å². The van der Waals surface area contributed by atoms with Crippen molar-refractivity contribution in [2.24, 2.45) is 0 Å². The third-order valence-electron chi connectivity index (χ3n) is 2.07. The van der Waals surface area contributed by atoms with Crippen LogP contribution in [-0.4, -0.2) is 4.98 Å². The van der Waals surface area contributed by atoms with Gasteiger partial charge in [0.05, 0.1) is 9.50 Å². The molecule has 1 aromatic carbocycles. The molecule has 0 aliphatic carbocycles. The van der Waals surface area contributed by atoms with Crippen LogP contribution in [0.2, 0.25) is 5.02 Å². The zero-order chi connectivity index (χ0) is 12.4. The summed E-state index contributed by atoms with van der Waals surface area (Å²) in [7, 11) is 0. The van der Waals surface area contributed by atoms with Gasteiger partial charge in [0.15, 0.2) is 0 Å². The van der Waals surface area contributed by atoms with Gasteiger partial charge >= 0.3 is 0 Å². The molecule has 2 nitrogen and oxygen atoms in total. The average Bonchev–Trinajstić information content (AvgIpc) is 2.27. The second-order valence-electron chi connectivity index (χ2n) is 3.48. The summed E-state index contributed by atoms with van der Waals surface area (Å²) in [6.45, 7) is 1.98. The quantitative estimate of drug-likeness (QED) is 0.703.